The molecule has 0 spiro atoms. The second-order valence-electron chi connectivity index (χ2n) is 6.83. The lowest BCUT2D eigenvalue weighted by Crippen LogP contribution is -2.30. The molecule has 0 atom stereocenters. The van der Waals surface area contributed by atoms with Crippen molar-refractivity contribution in [2.45, 2.75) is 25.4 Å². The minimum Gasteiger partial charge on any atom is -0.497 e. The Hall–Kier alpha value is -2.90. The number of hydrogen-bond donors (Lipinski definition) is 1. The number of piperidine rings is 1. The molecule has 156 valence electrons. The van der Waals surface area contributed by atoms with E-state index in [1.165, 1.54) is 32.4 Å². The van der Waals surface area contributed by atoms with Crippen LogP contribution in [0.15, 0.2) is 36.4 Å². The normalized spacial score (nSPS) is 14.4. The van der Waals surface area contributed by atoms with Crippen LogP contribution in [0.5, 0.6) is 11.5 Å². The molecule has 2 aromatic carbocycles. The van der Waals surface area contributed by atoms with Gasteiger partial charge in [-0.3, -0.25) is 4.79 Å². The van der Waals surface area contributed by atoms with Crippen LogP contribution in [0.1, 0.15) is 35.2 Å². The number of alkyl halides is 3. The largest absolute Gasteiger partial charge is 0.497 e. The third kappa shape index (κ3) is 4.93. The Morgan fingerprint density at radius 1 is 0.966 bits per heavy atom. The minimum atomic E-state index is -4.50. The second-order valence-corrected chi connectivity index (χ2v) is 6.83. The van der Waals surface area contributed by atoms with Gasteiger partial charge in [-0.25, -0.2) is 0 Å². The first kappa shape index (κ1) is 20.8. The molecule has 1 fully saturated rings. The Morgan fingerprint density at radius 2 is 1.59 bits per heavy atom. The van der Waals surface area contributed by atoms with Gasteiger partial charge in [-0.15, -0.1) is 0 Å². The summed E-state index contributed by atoms with van der Waals surface area (Å²) < 4.78 is 50.0. The van der Waals surface area contributed by atoms with E-state index in [0.717, 1.165) is 44.5 Å². The van der Waals surface area contributed by atoms with Crippen LogP contribution in [0.2, 0.25) is 0 Å². The van der Waals surface area contributed by atoms with Gasteiger partial charge in [-0.1, -0.05) is 0 Å². The summed E-state index contributed by atoms with van der Waals surface area (Å²) in [5.41, 5.74) is 0.134. The first-order valence-electron chi connectivity index (χ1n) is 9.32. The van der Waals surface area contributed by atoms with Crippen molar-refractivity contribution in [3.63, 3.8) is 0 Å². The zero-order valence-electron chi connectivity index (χ0n) is 16.3. The Bertz CT molecular complexity index is 856. The number of nitrogens with one attached hydrogen (secondary N) is 1. The molecule has 1 saturated heterocycles. The maximum absolute atomic E-state index is 13.2. The molecule has 2 aromatic rings. The number of benzene rings is 2. The summed E-state index contributed by atoms with van der Waals surface area (Å²) in [4.78, 5) is 14.8. The second kappa shape index (κ2) is 8.63. The molecule has 1 N–H and O–H groups in total. The number of nitrogens with zero attached hydrogens (tertiary/aromatic N) is 1. The van der Waals surface area contributed by atoms with Gasteiger partial charge >= 0.3 is 6.18 Å². The van der Waals surface area contributed by atoms with Crippen LogP contribution in [0.3, 0.4) is 0 Å². The summed E-state index contributed by atoms with van der Waals surface area (Å²) in [5, 5.41) is 2.65. The van der Waals surface area contributed by atoms with Crippen molar-refractivity contribution in [2.24, 2.45) is 0 Å². The number of anilines is 2. The number of rotatable bonds is 5. The molecule has 1 aliphatic heterocycles. The molecule has 1 heterocycles. The van der Waals surface area contributed by atoms with E-state index in [-0.39, 0.29) is 11.3 Å². The van der Waals surface area contributed by atoms with E-state index < -0.39 is 17.6 Å². The van der Waals surface area contributed by atoms with Crippen LogP contribution >= 0.6 is 0 Å². The van der Waals surface area contributed by atoms with Crippen molar-refractivity contribution in [1.29, 1.82) is 0 Å². The molecule has 0 saturated carbocycles. The zero-order chi connectivity index (χ0) is 21.0. The maximum Gasteiger partial charge on any atom is 0.416 e. The Balaban J connectivity index is 1.96. The number of methoxy groups -OCH3 is 2. The van der Waals surface area contributed by atoms with Gasteiger partial charge in [-0.05, 0) is 49.6 Å². The molecule has 0 unspecified atom stereocenters. The molecule has 3 rings (SSSR count). The number of carbonyl (C=O) groups excluding carboxylic acids is 1. The van der Waals surface area contributed by atoms with Crippen LogP contribution in [-0.4, -0.2) is 33.2 Å². The third-order valence-electron chi connectivity index (χ3n) is 4.88. The van der Waals surface area contributed by atoms with E-state index in [9.17, 15) is 18.0 Å². The molecule has 0 radical (unpaired) electrons. The minimum absolute atomic E-state index is 0.133. The summed E-state index contributed by atoms with van der Waals surface area (Å²) >= 11 is 0. The van der Waals surface area contributed by atoms with Crippen molar-refractivity contribution in [1.82, 2.24) is 0 Å². The van der Waals surface area contributed by atoms with Gasteiger partial charge in [0, 0.05) is 24.7 Å². The average Bonchev–Trinajstić information content (AvgIpc) is 2.73. The monoisotopic (exact) mass is 408 g/mol. The highest BCUT2D eigenvalue weighted by molar-refractivity contribution is 6.06. The highest BCUT2D eigenvalue weighted by Crippen LogP contribution is 2.36. The Labute approximate surface area is 167 Å². The van der Waals surface area contributed by atoms with E-state index in [2.05, 4.69) is 5.32 Å². The first-order chi connectivity index (χ1) is 13.8. The quantitative estimate of drug-likeness (QED) is 0.759. The van der Waals surface area contributed by atoms with Crippen molar-refractivity contribution in [3.8, 4) is 11.5 Å². The zero-order valence-corrected chi connectivity index (χ0v) is 16.3. The van der Waals surface area contributed by atoms with Crippen LogP contribution in [0.4, 0.5) is 24.5 Å². The lowest BCUT2D eigenvalue weighted by molar-refractivity contribution is -0.137. The molecular formula is C21H23F3N2O3. The van der Waals surface area contributed by atoms with Crippen LogP contribution in [0.25, 0.3) is 0 Å². The lowest BCUT2D eigenvalue weighted by atomic mass is 10.1. The number of ether oxygens (including phenoxy) is 2. The average molecular weight is 408 g/mol. The predicted molar refractivity (Wildman–Crippen MR) is 105 cm³/mol. The maximum atomic E-state index is 13.2. The number of hydrogen-bond acceptors (Lipinski definition) is 4. The highest BCUT2D eigenvalue weighted by atomic mass is 19.4. The standard InChI is InChI=1S/C21H23F3N2O3/c1-28-16-10-14(11-17(13-16)29-2)20(27)25-18-12-15(21(22,23)24)6-7-19(18)26-8-4-3-5-9-26/h6-7,10-13H,3-5,8-9H2,1-2H3,(H,25,27). The fraction of sp³-hybridized carbons (Fsp3) is 0.381. The van der Waals surface area contributed by atoms with Crippen molar-refractivity contribution in [2.75, 3.05) is 37.5 Å². The SMILES string of the molecule is COc1cc(OC)cc(C(=O)Nc2cc(C(F)(F)F)ccc2N2CCCCC2)c1. The topological polar surface area (TPSA) is 50.8 Å². The van der Waals surface area contributed by atoms with E-state index in [1.54, 1.807) is 6.07 Å². The summed E-state index contributed by atoms with van der Waals surface area (Å²) in [5.74, 6) is 0.282. The molecule has 5 nitrogen and oxygen atoms in total. The summed E-state index contributed by atoms with van der Waals surface area (Å²) in [6, 6.07) is 8.08. The van der Waals surface area contributed by atoms with Crippen LogP contribution in [-0.2, 0) is 6.18 Å². The van der Waals surface area contributed by atoms with E-state index in [1.807, 2.05) is 4.90 Å². The van der Waals surface area contributed by atoms with E-state index >= 15 is 0 Å². The first-order valence-corrected chi connectivity index (χ1v) is 9.32. The summed E-state index contributed by atoms with van der Waals surface area (Å²) in [6.45, 7) is 1.47. The van der Waals surface area contributed by atoms with Crippen LogP contribution < -0.4 is 19.7 Å². The number of amides is 1. The van der Waals surface area contributed by atoms with Gasteiger partial charge in [0.25, 0.3) is 5.91 Å². The van der Waals surface area contributed by atoms with Gasteiger partial charge < -0.3 is 19.7 Å². The van der Waals surface area contributed by atoms with Crippen molar-refractivity contribution >= 4 is 17.3 Å². The van der Waals surface area contributed by atoms with E-state index in [4.69, 9.17) is 9.47 Å². The fourth-order valence-electron chi connectivity index (χ4n) is 3.36. The van der Waals surface area contributed by atoms with Gasteiger partial charge in [0.1, 0.15) is 11.5 Å². The Kier molecular flexibility index (Phi) is 6.20. The molecule has 0 bridgehead atoms. The predicted octanol–water partition coefficient (Wildman–Crippen LogP) is 4.97. The smallest absolute Gasteiger partial charge is 0.416 e. The molecule has 1 amide bonds. The number of carbonyl (C=O) groups is 1. The molecule has 1 aliphatic rings. The highest BCUT2D eigenvalue weighted by Gasteiger charge is 2.32. The number of halogens is 3. The lowest BCUT2D eigenvalue weighted by Gasteiger charge is -2.31. The molecule has 8 heteroatoms. The van der Waals surface area contributed by atoms with Gasteiger partial charge in [0.05, 0.1) is 31.2 Å². The van der Waals surface area contributed by atoms with Crippen molar-refractivity contribution in [3.05, 3.63) is 47.5 Å². The molecular weight excluding hydrogens is 385 g/mol. The summed E-state index contributed by atoms with van der Waals surface area (Å²) in [7, 11) is 2.91. The van der Waals surface area contributed by atoms with Crippen molar-refractivity contribution < 1.29 is 27.4 Å². The molecule has 0 aliphatic carbocycles. The van der Waals surface area contributed by atoms with E-state index in [0.29, 0.717) is 17.2 Å². The van der Waals surface area contributed by atoms with Crippen LogP contribution in [0, 0.1) is 0 Å². The van der Waals surface area contributed by atoms with Gasteiger partial charge in [0.15, 0.2) is 0 Å². The fourth-order valence-corrected chi connectivity index (χ4v) is 3.36. The van der Waals surface area contributed by atoms with Gasteiger partial charge in [-0.2, -0.15) is 13.2 Å². The van der Waals surface area contributed by atoms with Gasteiger partial charge in [0.2, 0.25) is 0 Å². The summed E-state index contributed by atoms with van der Waals surface area (Å²) in [6.07, 6.45) is -1.50. The third-order valence-corrected chi connectivity index (χ3v) is 4.88. The molecule has 29 heavy (non-hydrogen) atoms. The molecule has 0 aromatic heterocycles. The Morgan fingerprint density at radius 3 is 2.14 bits per heavy atom.